The number of carbonyl (C=O) groups is 3. The third-order valence-electron chi connectivity index (χ3n) is 30.3. The molecule has 11 fully saturated rings. The standard InChI is InChI=1S/C88H138O37/c1-15-83(10,108)25-17-19-40(3)71(105)110-38-50-58(97)68(120-72(106)41(4)20-18-26-84(11,109)16-2)70(124-76-64(103)60(99)66(42(5)116-76)121-75-65(104)67(48(92)37-113-75)122-73-61(100)54(93)45(89)34-111-73)79(118-50)125-80(107)88-31-29-81(6,7)33-44(88)43-21-22-52-85(12)27-24-53(82(8,9)51(85)23-28-87(52,14)86(43,13)30-32-88)119-77-63(102)59(98)57(96)49(117-77)39-115-78-69(56(95)47(91)36-114-78)123-74-62(101)55(94)46(90)35-112-74/h15-16,19-21,42,44-70,73-79,89-104,108-109H,1-2,17-18,22-39H2,3-14H3/b40-19+,41-20+/t42-,44-,45+,46+,47-,48+,49+,50+,51-,52+,53-,54-,55-,56-,57+,58+,59-,60-,61+,62+,63+,64+,65+,66-,67-,68-,69+,70+,73-,74-,75-,76-,77-,78-,79-,83+,84+,85-,86+,87+,88-/m0/s1. The predicted octanol–water partition coefficient (Wildman–Crippen LogP) is -0.550. The molecule has 712 valence electrons. The minimum Gasteiger partial charge on any atom is -0.459 e. The minimum absolute atomic E-state index is 0.00231. The summed E-state index contributed by atoms with van der Waals surface area (Å²) in [5.41, 5.74) is -4.94. The fourth-order valence-corrected chi connectivity index (χ4v) is 21.8. The highest BCUT2D eigenvalue weighted by Gasteiger charge is 2.71. The maximum absolute atomic E-state index is 16.5. The van der Waals surface area contributed by atoms with E-state index in [1.54, 1.807) is 13.0 Å². The molecule has 7 aliphatic heterocycles. The summed E-state index contributed by atoms with van der Waals surface area (Å²) in [6.07, 6.45) is -39.6. The second-order valence-electron chi connectivity index (χ2n) is 39.7. The fourth-order valence-electron chi connectivity index (χ4n) is 21.8. The molecule has 0 spiro atoms. The molecule has 4 saturated carbocycles. The van der Waals surface area contributed by atoms with Crippen LogP contribution in [-0.2, 0) is 90.2 Å². The Labute approximate surface area is 728 Å². The van der Waals surface area contributed by atoms with Gasteiger partial charge in [-0.2, -0.15) is 0 Å². The highest BCUT2D eigenvalue weighted by molar-refractivity contribution is 5.88. The Bertz CT molecular complexity index is 3800. The molecule has 0 aromatic carbocycles. The highest BCUT2D eigenvalue weighted by Crippen LogP contribution is 2.76. The van der Waals surface area contributed by atoms with E-state index in [1.165, 1.54) is 45.9 Å². The van der Waals surface area contributed by atoms with Gasteiger partial charge in [0.15, 0.2) is 49.9 Å². The van der Waals surface area contributed by atoms with Gasteiger partial charge in [-0.15, -0.1) is 13.2 Å². The van der Waals surface area contributed by atoms with Gasteiger partial charge in [-0.3, -0.25) is 4.79 Å². The molecule has 0 bridgehead atoms. The molecule has 0 aromatic heterocycles. The predicted molar refractivity (Wildman–Crippen MR) is 431 cm³/mol. The molecule has 41 atom stereocenters. The number of ether oxygens (including phenoxy) is 16. The SMILES string of the molecule is C=C[C@@](C)(O)CC/C=C(\C)C(=O)OC[C@H]1O[C@@H](OC(=O)[C@]23CCC(C)(C)C[C@H]2C2=CC[C@@H]4[C@@]5(C)CC[C@H](O[C@@H]6O[C@H](CO[C@@H]7OC[C@H](O)[C@H](O)[C@H]7O[C@@H]7OC[C@@H](O)[C@H](O)[C@H]7O)[C@@H](O)[C@H](O)[C@H]6O)C(C)(C)[C@@H]5CC[C@@]4(C)[C@]2(C)CC3)[C@H](O[C@@H]2O[C@@H](C)[C@H](O[C@@H]3OC[C@@H](O)[C@H](O[C@@H]4OC[C@@H](O)[C@H](O)[C@H]4O)[C@H]3O)[C@@H](O)[C@H]2O)[C@@H](OC(=O)/C(C)=C/CC[C@](C)(O)C=C)[C@@H]1O. The number of allylic oxidation sites excluding steroid dienone is 4. The minimum atomic E-state index is -2.15. The van der Waals surface area contributed by atoms with Gasteiger partial charge in [-0.1, -0.05) is 84.4 Å². The molecule has 0 aromatic rings. The van der Waals surface area contributed by atoms with Crippen LogP contribution in [0.2, 0.25) is 0 Å². The van der Waals surface area contributed by atoms with Crippen molar-refractivity contribution in [2.75, 3.05) is 39.6 Å². The Balaban J connectivity index is 0.807. The summed E-state index contributed by atoms with van der Waals surface area (Å²) < 4.78 is 97.5. The molecule has 7 heterocycles. The van der Waals surface area contributed by atoms with Crippen LogP contribution >= 0.6 is 0 Å². The largest absolute Gasteiger partial charge is 0.459 e. The molecular formula is C88H138O37. The topological polar surface area (TPSA) is 563 Å². The maximum atomic E-state index is 16.5. The van der Waals surface area contributed by atoms with Crippen LogP contribution in [-0.4, -0.2) is 357 Å². The number of esters is 3. The Kier molecular flexibility index (Phi) is 31.3. The van der Waals surface area contributed by atoms with Crippen molar-refractivity contribution in [3.63, 3.8) is 0 Å². The van der Waals surface area contributed by atoms with Gasteiger partial charge in [0.2, 0.25) is 6.29 Å². The first-order valence-electron chi connectivity index (χ1n) is 44.1. The van der Waals surface area contributed by atoms with Crippen molar-refractivity contribution in [1.29, 1.82) is 0 Å². The van der Waals surface area contributed by atoms with Crippen molar-refractivity contribution in [1.82, 2.24) is 0 Å². The van der Waals surface area contributed by atoms with Gasteiger partial charge in [-0.25, -0.2) is 9.59 Å². The van der Waals surface area contributed by atoms with Crippen LogP contribution in [0.25, 0.3) is 0 Å². The van der Waals surface area contributed by atoms with Crippen molar-refractivity contribution in [3.8, 4) is 0 Å². The lowest BCUT2D eigenvalue weighted by atomic mass is 9.33. The zero-order chi connectivity index (χ0) is 91.7. The zero-order valence-electron chi connectivity index (χ0n) is 73.5. The van der Waals surface area contributed by atoms with Gasteiger partial charge >= 0.3 is 17.9 Å². The summed E-state index contributed by atoms with van der Waals surface area (Å²) in [5, 5.41) is 199. The van der Waals surface area contributed by atoms with Gasteiger partial charge < -0.3 is 168 Å². The monoisotopic (exact) mass is 1790 g/mol. The van der Waals surface area contributed by atoms with Crippen LogP contribution in [0.1, 0.15) is 173 Å². The van der Waals surface area contributed by atoms with Gasteiger partial charge in [0, 0.05) is 11.1 Å². The number of hydrogen-bond donors (Lipinski definition) is 18. The lowest BCUT2D eigenvalue weighted by Crippen LogP contribution is -2.67. The van der Waals surface area contributed by atoms with E-state index in [9.17, 15) is 102 Å². The summed E-state index contributed by atoms with van der Waals surface area (Å²) >= 11 is 0. The molecule has 18 N–H and O–H groups in total. The second-order valence-corrected chi connectivity index (χ2v) is 39.7. The summed E-state index contributed by atoms with van der Waals surface area (Å²) in [5.74, 6) is -3.05. The third-order valence-corrected chi connectivity index (χ3v) is 30.3. The van der Waals surface area contributed by atoms with E-state index in [4.69, 9.17) is 75.8 Å². The molecule has 37 heteroatoms. The molecular weight excluding hydrogens is 1650 g/mol. The summed E-state index contributed by atoms with van der Waals surface area (Å²) in [7, 11) is 0. The van der Waals surface area contributed by atoms with Gasteiger partial charge in [-0.05, 0) is 169 Å². The van der Waals surface area contributed by atoms with Crippen molar-refractivity contribution in [3.05, 3.63) is 60.3 Å². The lowest BCUT2D eigenvalue weighted by Gasteiger charge is -2.71. The molecule has 5 aliphatic carbocycles. The van der Waals surface area contributed by atoms with Crippen LogP contribution < -0.4 is 0 Å². The Morgan fingerprint density at radius 1 is 0.480 bits per heavy atom. The molecule has 0 amide bonds. The van der Waals surface area contributed by atoms with Crippen LogP contribution in [0.3, 0.4) is 0 Å². The van der Waals surface area contributed by atoms with Gasteiger partial charge in [0.05, 0.1) is 61.9 Å². The molecule has 125 heavy (non-hydrogen) atoms. The first kappa shape index (κ1) is 99.9. The van der Waals surface area contributed by atoms with Crippen LogP contribution in [0, 0.1) is 50.2 Å². The molecule has 0 unspecified atom stereocenters. The van der Waals surface area contributed by atoms with E-state index < -0.39 is 293 Å². The van der Waals surface area contributed by atoms with E-state index in [0.29, 0.717) is 51.4 Å². The normalized spacial score (nSPS) is 47.4. The van der Waals surface area contributed by atoms with Crippen LogP contribution in [0.4, 0.5) is 0 Å². The molecule has 12 aliphatic rings. The quantitative estimate of drug-likeness (QED) is 0.0154. The average Bonchev–Trinajstić information content (AvgIpc) is 0.673. The third kappa shape index (κ3) is 20.2. The van der Waals surface area contributed by atoms with E-state index in [0.717, 1.165) is 18.4 Å². The molecule has 37 nitrogen and oxygen atoms in total. The van der Waals surface area contributed by atoms with E-state index >= 15 is 4.79 Å². The summed E-state index contributed by atoms with van der Waals surface area (Å²) in [6, 6.07) is 0. The number of rotatable bonds is 28. The highest BCUT2D eigenvalue weighted by atomic mass is 16.8. The number of hydrogen-bond acceptors (Lipinski definition) is 37. The lowest BCUT2D eigenvalue weighted by molar-refractivity contribution is -0.379. The average molecular weight is 1790 g/mol. The number of fused-ring (bicyclic) bond motifs is 7. The number of aliphatic hydroxyl groups excluding tert-OH is 16. The molecule has 12 rings (SSSR count). The second kappa shape index (κ2) is 39.2. The van der Waals surface area contributed by atoms with E-state index in [2.05, 4.69) is 67.7 Å². The van der Waals surface area contributed by atoms with Gasteiger partial charge in [0.1, 0.15) is 135 Å². The smallest absolute Gasteiger partial charge is 0.333 e. The Hall–Kier alpha value is -4.13. The summed E-state index contributed by atoms with van der Waals surface area (Å²) in [6.45, 7) is 27.2. The summed E-state index contributed by atoms with van der Waals surface area (Å²) in [4.78, 5) is 45.2. The maximum Gasteiger partial charge on any atom is 0.333 e. The Morgan fingerprint density at radius 3 is 1.59 bits per heavy atom. The van der Waals surface area contributed by atoms with E-state index in [-0.39, 0.29) is 59.5 Å². The van der Waals surface area contributed by atoms with Gasteiger partial charge in [0.25, 0.3) is 0 Å². The first-order valence-corrected chi connectivity index (χ1v) is 44.1. The first-order chi connectivity index (χ1) is 58.5. The van der Waals surface area contributed by atoms with Crippen molar-refractivity contribution >= 4 is 17.9 Å². The number of carbonyl (C=O) groups excluding carboxylic acids is 3. The Morgan fingerprint density at radius 2 is 0.984 bits per heavy atom. The zero-order valence-corrected chi connectivity index (χ0v) is 73.5. The number of aliphatic hydroxyl groups is 18. The van der Waals surface area contributed by atoms with Crippen molar-refractivity contribution < 1.29 is 182 Å². The van der Waals surface area contributed by atoms with Crippen molar-refractivity contribution in [2.24, 2.45) is 50.2 Å². The van der Waals surface area contributed by atoms with Crippen molar-refractivity contribution in [2.45, 2.75) is 381 Å². The van der Waals surface area contributed by atoms with Crippen LogP contribution in [0.15, 0.2) is 60.3 Å². The van der Waals surface area contributed by atoms with Crippen LogP contribution in [0.5, 0.6) is 0 Å². The molecule has 7 saturated heterocycles. The van der Waals surface area contributed by atoms with E-state index in [1.807, 2.05) is 0 Å². The fraction of sp³-hybridized carbons (Fsp3) is 0.852. The molecule has 0 radical (unpaired) electrons.